The fraction of sp³-hybridized carbons (Fsp3) is 0.146. The number of ketones is 2. The minimum absolute atomic E-state index is 0.0763. The third-order valence-corrected chi connectivity index (χ3v) is 9.01. The van der Waals surface area contributed by atoms with Crippen LogP contribution in [-0.2, 0) is 13.1 Å². The number of hydrogen-bond acceptors (Lipinski definition) is 9. The van der Waals surface area contributed by atoms with Gasteiger partial charge in [0.05, 0.1) is 16.7 Å². The Labute approximate surface area is 336 Å². The second-order valence-electron chi connectivity index (χ2n) is 12.2. The molecule has 12 nitrogen and oxygen atoms in total. The summed E-state index contributed by atoms with van der Waals surface area (Å²) in [5.41, 5.74) is 2.95. The van der Waals surface area contributed by atoms with E-state index in [1.165, 1.54) is 47.5 Å². The van der Waals surface area contributed by atoms with E-state index < -0.39 is 11.5 Å². The van der Waals surface area contributed by atoms with Gasteiger partial charge in [-0.1, -0.05) is 65.1 Å². The quantitative estimate of drug-likeness (QED) is 0.107. The van der Waals surface area contributed by atoms with E-state index >= 15 is 0 Å². The van der Waals surface area contributed by atoms with Crippen molar-refractivity contribution in [3.8, 4) is 22.5 Å². The highest BCUT2D eigenvalue weighted by atomic mass is 35.5. The minimum atomic E-state index is -1.05. The maximum atomic E-state index is 12.9. The molecule has 0 aliphatic rings. The van der Waals surface area contributed by atoms with Crippen LogP contribution in [-0.4, -0.2) is 42.2 Å². The second-order valence-corrected chi connectivity index (χ2v) is 13.5. The van der Waals surface area contributed by atoms with Crippen molar-refractivity contribution in [2.45, 2.75) is 40.8 Å². The summed E-state index contributed by atoms with van der Waals surface area (Å²) in [7, 11) is 0. The Kier molecular flexibility index (Phi) is 13.2. The predicted molar refractivity (Wildman–Crippen MR) is 221 cm³/mol. The van der Waals surface area contributed by atoms with Crippen LogP contribution < -0.4 is 21.8 Å². The Bertz CT molecular complexity index is 2590. The Morgan fingerprint density at radius 2 is 1.02 bits per heavy atom. The number of carbonyl (C=O) groups is 3. The van der Waals surface area contributed by atoms with Crippen LogP contribution in [0.1, 0.15) is 58.8 Å². The number of rotatable bonds is 11. The smallest absolute Gasteiger partial charge is 0.335 e. The van der Waals surface area contributed by atoms with Crippen LogP contribution in [0.2, 0.25) is 15.1 Å². The van der Waals surface area contributed by atoms with Crippen molar-refractivity contribution in [2.24, 2.45) is 0 Å². The number of aryl methyl sites for hydroxylation is 2. The van der Waals surface area contributed by atoms with Crippen LogP contribution in [0.15, 0.2) is 107 Å². The molecule has 56 heavy (non-hydrogen) atoms. The van der Waals surface area contributed by atoms with Crippen molar-refractivity contribution in [1.29, 1.82) is 0 Å². The maximum Gasteiger partial charge on any atom is 0.335 e. The fourth-order valence-corrected chi connectivity index (χ4v) is 6.28. The first kappa shape index (κ1) is 41.1. The fourth-order valence-electron chi connectivity index (χ4n) is 5.71. The third kappa shape index (κ3) is 9.40. The van der Waals surface area contributed by atoms with Gasteiger partial charge in [0.1, 0.15) is 22.8 Å². The van der Waals surface area contributed by atoms with E-state index in [9.17, 15) is 24.0 Å². The molecule has 2 aromatic heterocycles. The number of nitrogens with one attached hydrogen (secondary N) is 2. The molecule has 6 rings (SSSR count). The normalized spacial score (nSPS) is 10.6. The number of aromatic carboxylic acids is 1. The lowest BCUT2D eigenvalue weighted by atomic mass is 10.0. The molecule has 0 radical (unpaired) electrons. The van der Waals surface area contributed by atoms with Gasteiger partial charge >= 0.3 is 5.97 Å². The van der Waals surface area contributed by atoms with Crippen LogP contribution in [0, 0.1) is 0 Å². The lowest BCUT2D eigenvalue weighted by molar-refractivity contribution is 0.0696. The van der Waals surface area contributed by atoms with Gasteiger partial charge in [-0.3, -0.25) is 19.2 Å². The maximum absolute atomic E-state index is 12.9. The summed E-state index contributed by atoms with van der Waals surface area (Å²) in [5, 5.41) is 25.3. The third-order valence-electron chi connectivity index (χ3n) is 8.31. The largest absolute Gasteiger partial charge is 0.478 e. The molecule has 0 spiro atoms. The Balaban J connectivity index is 0.000000215. The summed E-state index contributed by atoms with van der Waals surface area (Å²) >= 11 is 18.2. The monoisotopic (exact) mass is 812 g/mol. The number of carbonyl (C=O) groups excluding carboxylic acids is 2. The average Bonchev–Trinajstić information content (AvgIpc) is 3.16. The molecule has 0 saturated carbocycles. The Morgan fingerprint density at radius 1 is 0.607 bits per heavy atom. The number of Topliss-reactive ketones (excluding diaryl/α,β-unsaturated/α-hetero) is 2. The summed E-state index contributed by atoms with van der Waals surface area (Å²) in [6.45, 7) is 7.01. The minimum Gasteiger partial charge on any atom is -0.478 e. The first-order valence-electron chi connectivity index (χ1n) is 17.2. The topological polar surface area (TPSA) is 165 Å². The van der Waals surface area contributed by atoms with Gasteiger partial charge in [-0.15, -0.1) is 0 Å². The molecular formula is C41H35Cl3N6O6. The number of carboxylic acid groups (broad SMARTS) is 1. The van der Waals surface area contributed by atoms with Gasteiger partial charge in [-0.2, -0.15) is 10.2 Å². The van der Waals surface area contributed by atoms with Crippen molar-refractivity contribution < 1.29 is 19.5 Å². The molecule has 4 aromatic carbocycles. The zero-order valence-corrected chi connectivity index (χ0v) is 32.8. The van der Waals surface area contributed by atoms with E-state index in [1.54, 1.807) is 79.7 Å². The molecule has 0 aliphatic carbocycles. The van der Waals surface area contributed by atoms with Crippen LogP contribution in [0.25, 0.3) is 22.5 Å². The van der Waals surface area contributed by atoms with Crippen LogP contribution in [0.4, 0.5) is 22.7 Å². The van der Waals surface area contributed by atoms with Crippen molar-refractivity contribution in [3.05, 3.63) is 150 Å². The molecule has 286 valence electrons. The van der Waals surface area contributed by atoms with Crippen LogP contribution in [0.3, 0.4) is 0 Å². The number of benzene rings is 4. The highest BCUT2D eigenvalue weighted by Gasteiger charge is 2.24. The van der Waals surface area contributed by atoms with E-state index in [4.69, 9.17) is 39.9 Å². The highest BCUT2D eigenvalue weighted by molar-refractivity contribution is 6.31. The number of anilines is 4. The number of nitrogens with zero attached hydrogens (tertiary/aromatic N) is 4. The van der Waals surface area contributed by atoms with Gasteiger partial charge in [-0.25, -0.2) is 14.2 Å². The number of carboxylic acids is 1. The van der Waals surface area contributed by atoms with E-state index in [2.05, 4.69) is 20.8 Å². The zero-order valence-electron chi connectivity index (χ0n) is 30.6. The molecule has 0 saturated heterocycles. The summed E-state index contributed by atoms with van der Waals surface area (Å²) < 4.78 is 2.58. The summed E-state index contributed by atoms with van der Waals surface area (Å²) in [5.74, 6) is -1.67. The standard InChI is InChI=1S/C21H18ClN3O4.C20H17Cl2N3O2/c1-3-25-20(27)19(23-16-9-7-13(8-10-16)21(28)29)17(12(2)26)18(24-25)14-5-4-6-15(22)11-14;1-3-25-20(27)19(23-16-9-5-8-15(22)11-16)17(12(2)26)18(24-25)13-6-4-7-14(21)10-13/h4-11,23H,3H2,1-2H3,(H,28,29);4-11,23H,3H2,1-2H3. The Morgan fingerprint density at radius 3 is 1.39 bits per heavy atom. The van der Waals surface area contributed by atoms with E-state index in [0.29, 0.717) is 62.0 Å². The van der Waals surface area contributed by atoms with Gasteiger partial charge in [0.15, 0.2) is 11.6 Å². The number of hydrogen-bond donors (Lipinski definition) is 3. The van der Waals surface area contributed by atoms with Crippen molar-refractivity contribution >= 4 is 75.1 Å². The van der Waals surface area contributed by atoms with Crippen molar-refractivity contribution in [3.63, 3.8) is 0 Å². The molecule has 0 bridgehead atoms. The van der Waals surface area contributed by atoms with E-state index in [-0.39, 0.29) is 45.2 Å². The summed E-state index contributed by atoms with van der Waals surface area (Å²) in [6, 6.07) is 26.7. The number of aromatic nitrogens is 4. The first-order valence-corrected chi connectivity index (χ1v) is 18.3. The molecule has 6 aromatic rings. The molecule has 15 heteroatoms. The van der Waals surface area contributed by atoms with Crippen LogP contribution >= 0.6 is 34.8 Å². The average molecular weight is 814 g/mol. The van der Waals surface area contributed by atoms with Gasteiger partial charge < -0.3 is 15.7 Å². The molecule has 0 unspecified atom stereocenters. The van der Waals surface area contributed by atoms with E-state index in [1.807, 2.05) is 6.92 Å². The molecule has 3 N–H and O–H groups in total. The van der Waals surface area contributed by atoms with Gasteiger partial charge in [0.2, 0.25) is 0 Å². The van der Waals surface area contributed by atoms with Gasteiger partial charge in [0.25, 0.3) is 11.1 Å². The Hall–Kier alpha value is -6.08. The summed E-state index contributed by atoms with van der Waals surface area (Å²) in [4.78, 5) is 61.8. The molecule has 0 aliphatic heterocycles. The SMILES string of the molecule is CCn1nc(-c2cccc(Cl)c2)c(C(C)=O)c(Nc2ccc(C(=O)O)cc2)c1=O.CCn1nc(-c2cccc(Cl)c2)c(C(C)=O)c(Nc2cccc(Cl)c2)c1=O. The highest BCUT2D eigenvalue weighted by Crippen LogP contribution is 2.31. The molecule has 0 atom stereocenters. The first-order chi connectivity index (χ1) is 26.7. The molecule has 2 heterocycles. The molecule has 0 fully saturated rings. The van der Waals surface area contributed by atoms with E-state index in [0.717, 1.165) is 0 Å². The molecular weight excluding hydrogens is 779 g/mol. The second kappa shape index (κ2) is 18.0. The van der Waals surface area contributed by atoms with Gasteiger partial charge in [-0.05, 0) is 94.4 Å². The van der Waals surface area contributed by atoms with Gasteiger partial charge in [0, 0.05) is 50.7 Å². The lowest BCUT2D eigenvalue weighted by Crippen LogP contribution is -2.28. The predicted octanol–water partition coefficient (Wildman–Crippen LogP) is 9.41. The van der Waals surface area contributed by atoms with Crippen molar-refractivity contribution in [1.82, 2.24) is 19.6 Å². The lowest BCUT2D eigenvalue weighted by Gasteiger charge is -2.16. The zero-order chi connectivity index (χ0) is 40.7. The molecule has 0 amide bonds. The number of halogens is 3. The van der Waals surface area contributed by atoms with Crippen LogP contribution in [0.5, 0.6) is 0 Å². The van der Waals surface area contributed by atoms with Crippen molar-refractivity contribution in [2.75, 3.05) is 10.6 Å². The summed E-state index contributed by atoms with van der Waals surface area (Å²) in [6.07, 6.45) is 0.